The number of carbonyl (C=O) groups excluding carboxylic acids is 1. The Kier molecular flexibility index (Phi) is 7.73. The van der Waals surface area contributed by atoms with E-state index in [0.29, 0.717) is 51.4 Å². The summed E-state index contributed by atoms with van der Waals surface area (Å²) in [6, 6.07) is 11.3. The SMILES string of the molecule is COc1ccc(S(=O)(=O)N2CCCCC2)cc1CCC(=O)N1CCN(c2ccc(F)cc2)CC1. The molecule has 0 unspecified atom stereocenters. The number of anilines is 1. The van der Waals surface area contributed by atoms with Gasteiger partial charge in [-0.25, -0.2) is 12.8 Å². The lowest BCUT2D eigenvalue weighted by Crippen LogP contribution is -2.48. The van der Waals surface area contributed by atoms with E-state index >= 15 is 0 Å². The van der Waals surface area contributed by atoms with Crippen molar-refractivity contribution in [3.05, 3.63) is 53.8 Å². The zero-order valence-corrected chi connectivity index (χ0v) is 20.4. The summed E-state index contributed by atoms with van der Waals surface area (Å²) in [6.07, 6.45) is 3.50. The number of piperazine rings is 1. The van der Waals surface area contributed by atoms with E-state index in [1.54, 1.807) is 41.7 Å². The van der Waals surface area contributed by atoms with Crippen LogP contribution in [-0.4, -0.2) is 69.9 Å². The predicted molar refractivity (Wildman–Crippen MR) is 129 cm³/mol. The second-order valence-corrected chi connectivity index (χ2v) is 10.7. The first-order chi connectivity index (χ1) is 16.4. The van der Waals surface area contributed by atoms with Gasteiger partial charge in [0.2, 0.25) is 15.9 Å². The molecule has 0 atom stereocenters. The van der Waals surface area contributed by atoms with Gasteiger partial charge in [-0.15, -0.1) is 0 Å². The molecule has 2 aliphatic heterocycles. The summed E-state index contributed by atoms with van der Waals surface area (Å²) >= 11 is 0. The summed E-state index contributed by atoms with van der Waals surface area (Å²) in [5.41, 5.74) is 1.67. The van der Waals surface area contributed by atoms with E-state index in [9.17, 15) is 17.6 Å². The predicted octanol–water partition coefficient (Wildman–Crippen LogP) is 3.29. The lowest BCUT2D eigenvalue weighted by molar-refractivity contribution is -0.131. The number of amides is 1. The van der Waals surface area contributed by atoms with Gasteiger partial charge >= 0.3 is 0 Å². The Hall–Kier alpha value is -2.65. The number of aryl methyl sites for hydroxylation is 1. The molecule has 2 aromatic carbocycles. The molecule has 7 nitrogen and oxygen atoms in total. The molecule has 0 saturated carbocycles. The first-order valence-electron chi connectivity index (χ1n) is 11.8. The Morgan fingerprint density at radius 2 is 1.62 bits per heavy atom. The highest BCUT2D eigenvalue weighted by molar-refractivity contribution is 7.89. The number of nitrogens with zero attached hydrogens (tertiary/aromatic N) is 3. The Bertz CT molecular complexity index is 1090. The average Bonchev–Trinajstić information content (AvgIpc) is 2.88. The van der Waals surface area contributed by atoms with Gasteiger partial charge in [-0.3, -0.25) is 4.79 Å². The highest BCUT2D eigenvalue weighted by atomic mass is 32.2. The molecule has 2 aromatic rings. The third-order valence-electron chi connectivity index (χ3n) is 6.64. The van der Waals surface area contributed by atoms with Crippen molar-refractivity contribution < 1.29 is 22.3 Å². The van der Waals surface area contributed by atoms with Crippen molar-refractivity contribution in [2.45, 2.75) is 37.0 Å². The van der Waals surface area contributed by atoms with Crippen LogP contribution >= 0.6 is 0 Å². The molecule has 184 valence electrons. The van der Waals surface area contributed by atoms with Gasteiger partial charge in [0.25, 0.3) is 0 Å². The second kappa shape index (κ2) is 10.7. The van der Waals surface area contributed by atoms with E-state index in [1.165, 1.54) is 12.1 Å². The van der Waals surface area contributed by atoms with Gasteiger partial charge in [-0.2, -0.15) is 4.31 Å². The molecule has 0 N–H and O–H groups in total. The fourth-order valence-corrected chi connectivity index (χ4v) is 6.20. The minimum absolute atomic E-state index is 0.0325. The lowest BCUT2D eigenvalue weighted by Gasteiger charge is -2.36. The number of sulfonamides is 1. The quantitative estimate of drug-likeness (QED) is 0.597. The van der Waals surface area contributed by atoms with Crippen LogP contribution in [0.25, 0.3) is 0 Å². The molecule has 2 heterocycles. The fraction of sp³-hybridized carbons (Fsp3) is 0.480. The highest BCUT2D eigenvalue weighted by Gasteiger charge is 2.27. The second-order valence-electron chi connectivity index (χ2n) is 8.78. The molecular weight excluding hydrogens is 457 g/mol. The molecule has 2 saturated heterocycles. The highest BCUT2D eigenvalue weighted by Crippen LogP contribution is 2.27. The van der Waals surface area contributed by atoms with Crippen LogP contribution in [0, 0.1) is 5.82 Å². The van der Waals surface area contributed by atoms with Crippen molar-refractivity contribution in [2.75, 3.05) is 51.3 Å². The van der Waals surface area contributed by atoms with Crippen molar-refractivity contribution in [3.63, 3.8) is 0 Å². The molecule has 0 spiro atoms. The van der Waals surface area contributed by atoms with Crippen molar-refractivity contribution in [2.24, 2.45) is 0 Å². The summed E-state index contributed by atoms with van der Waals surface area (Å²) in [6.45, 7) is 3.65. The Morgan fingerprint density at radius 1 is 0.941 bits per heavy atom. The molecular formula is C25H32FN3O4S. The van der Waals surface area contributed by atoms with Crippen LogP contribution in [0.1, 0.15) is 31.2 Å². The number of benzene rings is 2. The Balaban J connectivity index is 1.37. The van der Waals surface area contributed by atoms with Crippen LogP contribution in [0.4, 0.5) is 10.1 Å². The Morgan fingerprint density at radius 3 is 2.26 bits per heavy atom. The Labute approximate surface area is 201 Å². The number of piperidine rings is 1. The average molecular weight is 490 g/mol. The summed E-state index contributed by atoms with van der Waals surface area (Å²) in [5, 5.41) is 0. The van der Waals surface area contributed by atoms with Crippen LogP contribution in [0.3, 0.4) is 0 Å². The van der Waals surface area contributed by atoms with Gasteiger partial charge < -0.3 is 14.5 Å². The van der Waals surface area contributed by atoms with Crippen LogP contribution in [0.15, 0.2) is 47.4 Å². The molecule has 34 heavy (non-hydrogen) atoms. The number of halogens is 1. The zero-order valence-electron chi connectivity index (χ0n) is 19.6. The molecule has 0 aromatic heterocycles. The van der Waals surface area contributed by atoms with Crippen molar-refractivity contribution in [1.29, 1.82) is 0 Å². The summed E-state index contributed by atoms with van der Waals surface area (Å²) in [5.74, 6) is 0.359. The van der Waals surface area contributed by atoms with Crippen LogP contribution < -0.4 is 9.64 Å². The molecule has 0 bridgehead atoms. The summed E-state index contributed by atoms with van der Waals surface area (Å²) in [7, 11) is -2.00. The van der Waals surface area contributed by atoms with Crippen molar-refractivity contribution >= 4 is 21.6 Å². The maximum atomic E-state index is 13.2. The molecule has 0 radical (unpaired) electrons. The van der Waals surface area contributed by atoms with Gasteiger partial charge in [0.15, 0.2) is 0 Å². The van der Waals surface area contributed by atoms with Gasteiger partial charge in [0.1, 0.15) is 11.6 Å². The van der Waals surface area contributed by atoms with Crippen LogP contribution in [-0.2, 0) is 21.2 Å². The van der Waals surface area contributed by atoms with E-state index < -0.39 is 10.0 Å². The minimum Gasteiger partial charge on any atom is -0.496 e. The van der Waals surface area contributed by atoms with Crippen molar-refractivity contribution in [3.8, 4) is 5.75 Å². The van der Waals surface area contributed by atoms with E-state index in [-0.39, 0.29) is 23.0 Å². The molecule has 9 heteroatoms. The van der Waals surface area contributed by atoms with E-state index in [2.05, 4.69) is 4.90 Å². The fourth-order valence-electron chi connectivity index (χ4n) is 4.63. The maximum absolute atomic E-state index is 13.2. The summed E-state index contributed by atoms with van der Waals surface area (Å²) < 4.78 is 46.3. The van der Waals surface area contributed by atoms with Gasteiger partial charge in [0.05, 0.1) is 12.0 Å². The maximum Gasteiger partial charge on any atom is 0.243 e. The molecule has 2 fully saturated rings. The lowest BCUT2D eigenvalue weighted by atomic mass is 10.1. The van der Waals surface area contributed by atoms with Crippen molar-refractivity contribution in [1.82, 2.24) is 9.21 Å². The molecule has 2 aliphatic rings. The van der Waals surface area contributed by atoms with E-state index in [0.717, 1.165) is 30.5 Å². The largest absolute Gasteiger partial charge is 0.496 e. The first kappa shape index (κ1) is 24.5. The normalized spacial score (nSPS) is 17.6. The third kappa shape index (κ3) is 5.52. The van der Waals surface area contributed by atoms with Gasteiger partial charge in [-0.05, 0) is 67.3 Å². The molecule has 1 amide bonds. The number of rotatable bonds is 7. The first-order valence-corrected chi connectivity index (χ1v) is 13.3. The van der Waals surface area contributed by atoms with Gasteiger partial charge in [-0.1, -0.05) is 6.42 Å². The summed E-state index contributed by atoms with van der Waals surface area (Å²) in [4.78, 5) is 17.1. The number of ether oxygens (including phenoxy) is 1. The zero-order chi connectivity index (χ0) is 24.1. The number of hydrogen-bond donors (Lipinski definition) is 0. The standard InChI is InChI=1S/C25H32FN3O4S/c1-33-24-11-10-23(34(31,32)29-13-3-2-4-14-29)19-20(24)5-12-25(30)28-17-15-27(16-18-28)22-8-6-21(26)7-9-22/h6-11,19H,2-5,12-18H2,1H3. The van der Waals surface area contributed by atoms with E-state index in [1.807, 2.05) is 4.90 Å². The minimum atomic E-state index is -3.55. The van der Waals surface area contributed by atoms with Crippen LogP contribution in [0.5, 0.6) is 5.75 Å². The third-order valence-corrected chi connectivity index (χ3v) is 8.53. The molecule has 0 aliphatic carbocycles. The smallest absolute Gasteiger partial charge is 0.243 e. The van der Waals surface area contributed by atoms with Crippen LogP contribution in [0.2, 0.25) is 0 Å². The number of methoxy groups -OCH3 is 1. The monoisotopic (exact) mass is 489 g/mol. The van der Waals surface area contributed by atoms with Gasteiger partial charge in [0, 0.05) is 51.4 Å². The molecule has 4 rings (SSSR count). The number of carbonyl (C=O) groups is 1. The van der Waals surface area contributed by atoms with E-state index in [4.69, 9.17) is 4.74 Å². The topological polar surface area (TPSA) is 70.2 Å². The number of hydrogen-bond acceptors (Lipinski definition) is 5.